The number of nitrogens with zero attached hydrogens (tertiary/aromatic N) is 1. The van der Waals surface area contributed by atoms with Gasteiger partial charge in [-0.05, 0) is 30.7 Å². The molecule has 2 rings (SSSR count). The van der Waals surface area contributed by atoms with E-state index in [2.05, 4.69) is 11.1 Å². The van der Waals surface area contributed by atoms with Gasteiger partial charge in [0, 0.05) is 11.4 Å². The normalized spacial score (nSPS) is 10.1. The second kappa shape index (κ2) is 4.21. The summed E-state index contributed by atoms with van der Waals surface area (Å²) >= 11 is 11.8. The van der Waals surface area contributed by atoms with Gasteiger partial charge in [0.1, 0.15) is 6.07 Å². The maximum atomic E-state index is 8.86. The van der Waals surface area contributed by atoms with Gasteiger partial charge in [0.05, 0.1) is 15.6 Å². The molecule has 1 heterocycles. The first kappa shape index (κ1) is 11.1. The highest BCUT2D eigenvalue weighted by Crippen LogP contribution is 2.28. The number of rotatable bonds is 1. The van der Waals surface area contributed by atoms with Crippen molar-refractivity contribution in [2.45, 2.75) is 6.92 Å². The van der Waals surface area contributed by atoms with E-state index < -0.39 is 0 Å². The molecule has 1 aromatic heterocycles. The highest BCUT2D eigenvalue weighted by molar-refractivity contribution is 6.42. The number of aromatic amines is 1. The topological polar surface area (TPSA) is 39.6 Å². The van der Waals surface area contributed by atoms with Gasteiger partial charge in [-0.2, -0.15) is 5.26 Å². The Bertz CT molecular complexity index is 579. The Morgan fingerprint density at radius 1 is 1.19 bits per heavy atom. The Balaban J connectivity index is 2.51. The van der Waals surface area contributed by atoms with Crippen molar-refractivity contribution in [3.05, 3.63) is 45.6 Å². The van der Waals surface area contributed by atoms with Crippen LogP contribution in [0.25, 0.3) is 11.3 Å². The molecule has 0 amide bonds. The number of H-pyrrole nitrogens is 1. The fraction of sp³-hybridized carbons (Fsp3) is 0.0833. The van der Waals surface area contributed by atoms with E-state index >= 15 is 0 Å². The van der Waals surface area contributed by atoms with Gasteiger partial charge >= 0.3 is 0 Å². The molecule has 80 valence electrons. The summed E-state index contributed by atoms with van der Waals surface area (Å²) in [6.07, 6.45) is 0. The van der Waals surface area contributed by atoms with E-state index in [0.29, 0.717) is 15.6 Å². The molecule has 16 heavy (non-hydrogen) atoms. The molecule has 0 spiro atoms. The van der Waals surface area contributed by atoms with E-state index in [1.54, 1.807) is 18.2 Å². The number of aromatic nitrogens is 1. The molecule has 0 aliphatic carbocycles. The van der Waals surface area contributed by atoms with Gasteiger partial charge < -0.3 is 4.98 Å². The van der Waals surface area contributed by atoms with Crippen LogP contribution in [0, 0.1) is 18.3 Å². The van der Waals surface area contributed by atoms with E-state index in [1.807, 2.05) is 13.0 Å². The summed E-state index contributed by atoms with van der Waals surface area (Å²) in [5.74, 6) is 0. The van der Waals surface area contributed by atoms with Crippen LogP contribution in [-0.2, 0) is 0 Å². The second-order valence-corrected chi connectivity index (χ2v) is 4.28. The third kappa shape index (κ3) is 1.92. The van der Waals surface area contributed by atoms with Gasteiger partial charge in [-0.15, -0.1) is 0 Å². The molecule has 4 heteroatoms. The number of hydrogen-bond donors (Lipinski definition) is 1. The third-order valence-electron chi connectivity index (χ3n) is 2.37. The highest BCUT2D eigenvalue weighted by Gasteiger charge is 2.07. The largest absolute Gasteiger partial charge is 0.358 e. The van der Waals surface area contributed by atoms with E-state index in [9.17, 15) is 0 Å². The average Bonchev–Trinajstić information content (AvgIpc) is 2.64. The first-order valence-electron chi connectivity index (χ1n) is 4.67. The Morgan fingerprint density at radius 3 is 2.50 bits per heavy atom. The van der Waals surface area contributed by atoms with Crippen LogP contribution < -0.4 is 0 Å². The summed E-state index contributed by atoms with van der Waals surface area (Å²) in [5, 5.41) is 9.89. The van der Waals surface area contributed by atoms with Crippen LogP contribution in [0.1, 0.15) is 11.3 Å². The quantitative estimate of drug-likeness (QED) is 0.811. The van der Waals surface area contributed by atoms with Crippen LogP contribution >= 0.6 is 23.2 Å². The minimum Gasteiger partial charge on any atom is -0.358 e. The van der Waals surface area contributed by atoms with Crippen LogP contribution in [0.5, 0.6) is 0 Å². The maximum Gasteiger partial charge on any atom is 0.101 e. The molecule has 0 saturated heterocycles. The van der Waals surface area contributed by atoms with Gasteiger partial charge in [0.2, 0.25) is 0 Å². The van der Waals surface area contributed by atoms with Gasteiger partial charge in [-0.3, -0.25) is 0 Å². The molecule has 0 saturated carbocycles. The first-order valence-corrected chi connectivity index (χ1v) is 5.42. The van der Waals surface area contributed by atoms with Crippen LogP contribution in [0.4, 0.5) is 0 Å². The molecule has 0 fully saturated rings. The molecular formula is C12H8Cl2N2. The van der Waals surface area contributed by atoms with Crippen molar-refractivity contribution >= 4 is 23.2 Å². The lowest BCUT2D eigenvalue weighted by atomic mass is 10.1. The molecule has 0 atom stereocenters. The molecule has 2 aromatic rings. The zero-order valence-corrected chi connectivity index (χ0v) is 10.0. The SMILES string of the molecule is Cc1[nH]c(-c2ccc(Cl)c(Cl)c2)cc1C#N. The van der Waals surface area contributed by atoms with Crippen molar-refractivity contribution in [2.75, 3.05) is 0 Å². The summed E-state index contributed by atoms with van der Waals surface area (Å²) in [6, 6.07) is 9.30. The summed E-state index contributed by atoms with van der Waals surface area (Å²) in [5.41, 5.74) is 3.27. The van der Waals surface area contributed by atoms with Crippen LogP contribution in [0.3, 0.4) is 0 Å². The van der Waals surface area contributed by atoms with E-state index in [0.717, 1.165) is 17.0 Å². The number of aryl methyl sites for hydroxylation is 1. The van der Waals surface area contributed by atoms with E-state index in [1.165, 1.54) is 0 Å². The molecule has 0 unspecified atom stereocenters. The predicted molar refractivity (Wildman–Crippen MR) is 65.7 cm³/mol. The van der Waals surface area contributed by atoms with Crippen molar-refractivity contribution in [2.24, 2.45) is 0 Å². The number of nitrogens with one attached hydrogen (secondary N) is 1. The zero-order valence-electron chi connectivity index (χ0n) is 8.51. The number of benzene rings is 1. The van der Waals surface area contributed by atoms with Gasteiger partial charge in [-0.1, -0.05) is 29.3 Å². The fourth-order valence-electron chi connectivity index (χ4n) is 1.49. The Kier molecular flexibility index (Phi) is 2.91. The monoisotopic (exact) mass is 250 g/mol. The van der Waals surface area contributed by atoms with Crippen LogP contribution in [0.15, 0.2) is 24.3 Å². The molecule has 1 aromatic carbocycles. The Labute approximate surface area is 103 Å². The van der Waals surface area contributed by atoms with Crippen LogP contribution in [-0.4, -0.2) is 4.98 Å². The van der Waals surface area contributed by atoms with E-state index in [-0.39, 0.29) is 0 Å². The van der Waals surface area contributed by atoms with Crippen molar-refractivity contribution < 1.29 is 0 Å². The Hall–Kier alpha value is -1.43. The van der Waals surface area contributed by atoms with Crippen molar-refractivity contribution in [1.82, 2.24) is 4.98 Å². The molecule has 1 N–H and O–H groups in total. The summed E-state index contributed by atoms with van der Waals surface area (Å²) in [4.78, 5) is 3.13. The first-order chi connectivity index (χ1) is 7.61. The van der Waals surface area contributed by atoms with Crippen LogP contribution in [0.2, 0.25) is 10.0 Å². The molecule has 0 radical (unpaired) electrons. The number of hydrogen-bond acceptors (Lipinski definition) is 1. The maximum absolute atomic E-state index is 8.86. The highest BCUT2D eigenvalue weighted by atomic mass is 35.5. The zero-order chi connectivity index (χ0) is 11.7. The average molecular weight is 251 g/mol. The minimum absolute atomic E-state index is 0.505. The lowest BCUT2D eigenvalue weighted by molar-refractivity contribution is 1.25. The van der Waals surface area contributed by atoms with Crippen molar-refractivity contribution in [3.8, 4) is 17.3 Å². The lowest BCUT2D eigenvalue weighted by Crippen LogP contribution is -1.78. The second-order valence-electron chi connectivity index (χ2n) is 3.46. The molecule has 0 aliphatic heterocycles. The van der Waals surface area contributed by atoms with Gasteiger partial charge in [0.15, 0.2) is 0 Å². The lowest BCUT2D eigenvalue weighted by Gasteiger charge is -2.00. The molecule has 0 aliphatic rings. The molecule has 2 nitrogen and oxygen atoms in total. The fourth-order valence-corrected chi connectivity index (χ4v) is 1.79. The third-order valence-corrected chi connectivity index (χ3v) is 3.10. The number of nitriles is 1. The van der Waals surface area contributed by atoms with Gasteiger partial charge in [-0.25, -0.2) is 0 Å². The summed E-state index contributed by atoms with van der Waals surface area (Å²) < 4.78 is 0. The number of halogens is 2. The smallest absolute Gasteiger partial charge is 0.101 e. The minimum atomic E-state index is 0.505. The van der Waals surface area contributed by atoms with Crippen molar-refractivity contribution in [3.63, 3.8) is 0 Å². The molecular weight excluding hydrogens is 243 g/mol. The standard InChI is InChI=1S/C12H8Cl2N2/c1-7-9(6-15)5-12(16-7)8-2-3-10(13)11(14)4-8/h2-5,16H,1H3. The van der Waals surface area contributed by atoms with Gasteiger partial charge in [0.25, 0.3) is 0 Å². The Morgan fingerprint density at radius 2 is 1.94 bits per heavy atom. The van der Waals surface area contributed by atoms with Crippen molar-refractivity contribution in [1.29, 1.82) is 5.26 Å². The summed E-state index contributed by atoms with van der Waals surface area (Å²) in [6.45, 7) is 1.86. The van der Waals surface area contributed by atoms with E-state index in [4.69, 9.17) is 28.5 Å². The predicted octanol–water partition coefficient (Wildman–Crippen LogP) is 4.17. The molecule has 0 bridgehead atoms. The summed E-state index contributed by atoms with van der Waals surface area (Å²) in [7, 11) is 0.